The number of ether oxygens (including phenoxy) is 1. The van der Waals surface area contributed by atoms with Crippen LogP contribution < -0.4 is 0 Å². The lowest BCUT2D eigenvalue weighted by atomic mass is 10.0. The third-order valence-electron chi connectivity index (χ3n) is 3.91. The molecule has 0 aromatic heterocycles. The Kier molecular flexibility index (Phi) is 5.59. The van der Waals surface area contributed by atoms with Gasteiger partial charge >= 0.3 is 0 Å². The van der Waals surface area contributed by atoms with Gasteiger partial charge in [-0.3, -0.25) is 0 Å². The van der Waals surface area contributed by atoms with E-state index in [-0.39, 0.29) is 5.56 Å². The molecule has 0 aliphatic heterocycles. The summed E-state index contributed by atoms with van der Waals surface area (Å²) in [6.07, 6.45) is 7.54. The van der Waals surface area contributed by atoms with Crippen molar-refractivity contribution < 1.29 is 9.13 Å². The van der Waals surface area contributed by atoms with Gasteiger partial charge in [0, 0.05) is 30.4 Å². The first-order valence-electron chi connectivity index (χ1n) is 7.71. The van der Waals surface area contributed by atoms with E-state index in [0.29, 0.717) is 5.56 Å². The molecule has 0 unspecified atom stereocenters. The van der Waals surface area contributed by atoms with Crippen LogP contribution in [-0.2, 0) is 4.74 Å². The molecule has 0 saturated carbocycles. The zero-order valence-electron chi connectivity index (χ0n) is 14.3. The van der Waals surface area contributed by atoms with Crippen molar-refractivity contribution in [3.8, 4) is 6.07 Å². The fraction of sp³-hybridized carbons (Fsp3) is 0.250. The van der Waals surface area contributed by atoms with Crippen LogP contribution in [0.3, 0.4) is 0 Å². The van der Waals surface area contributed by atoms with E-state index in [1.807, 2.05) is 43.2 Å². The van der Waals surface area contributed by atoms with Gasteiger partial charge in [-0.25, -0.2) is 4.39 Å². The number of benzene rings is 1. The Hall–Kier alpha value is -2.80. The summed E-state index contributed by atoms with van der Waals surface area (Å²) in [6, 6.07) is 6.50. The Balaban J connectivity index is 2.42. The summed E-state index contributed by atoms with van der Waals surface area (Å²) in [6.45, 7) is 5.82. The van der Waals surface area contributed by atoms with Crippen LogP contribution in [0.2, 0.25) is 0 Å². The van der Waals surface area contributed by atoms with Crippen LogP contribution in [0.5, 0.6) is 0 Å². The van der Waals surface area contributed by atoms with Gasteiger partial charge in [-0.05, 0) is 43.7 Å². The Labute approximate surface area is 142 Å². The van der Waals surface area contributed by atoms with Gasteiger partial charge in [0.15, 0.2) is 0 Å². The number of rotatable bonds is 5. The quantitative estimate of drug-likeness (QED) is 0.733. The van der Waals surface area contributed by atoms with Gasteiger partial charge < -0.3 is 9.64 Å². The number of methoxy groups -OCH3 is 1. The standard InChI is InChI=1S/C20H21FN2O/c1-14(2)11-20(15-5-6-16(13-22)19(21)12-15)23(3)17-7-9-18(24-4)10-8-17/h5-7,9,11-12H,1,8,10H2,2-4H3/b20-11-. The predicted octanol–water partition coefficient (Wildman–Crippen LogP) is 4.75. The van der Waals surface area contributed by atoms with Crippen molar-refractivity contribution in [2.75, 3.05) is 14.2 Å². The van der Waals surface area contributed by atoms with Gasteiger partial charge in [0.2, 0.25) is 0 Å². The van der Waals surface area contributed by atoms with Gasteiger partial charge in [0.1, 0.15) is 11.9 Å². The topological polar surface area (TPSA) is 36.3 Å². The molecule has 0 radical (unpaired) electrons. The second kappa shape index (κ2) is 7.65. The van der Waals surface area contributed by atoms with Crippen molar-refractivity contribution in [1.29, 1.82) is 5.26 Å². The smallest absolute Gasteiger partial charge is 0.141 e. The van der Waals surface area contributed by atoms with E-state index in [1.54, 1.807) is 13.2 Å². The lowest BCUT2D eigenvalue weighted by Gasteiger charge is -2.28. The monoisotopic (exact) mass is 324 g/mol. The van der Waals surface area contributed by atoms with E-state index in [9.17, 15) is 4.39 Å². The maximum atomic E-state index is 14.0. The number of halogens is 1. The predicted molar refractivity (Wildman–Crippen MR) is 94.1 cm³/mol. The SMILES string of the molecule is C=C(C)/C=C(/c1ccc(C#N)c(F)c1)N(C)C1=CC=C(OC)CC1. The van der Waals surface area contributed by atoms with Crippen molar-refractivity contribution in [2.45, 2.75) is 19.8 Å². The van der Waals surface area contributed by atoms with Gasteiger partial charge in [-0.15, -0.1) is 0 Å². The van der Waals surface area contributed by atoms with E-state index in [2.05, 4.69) is 6.58 Å². The highest BCUT2D eigenvalue weighted by atomic mass is 19.1. The van der Waals surface area contributed by atoms with Gasteiger partial charge in [-0.2, -0.15) is 5.26 Å². The van der Waals surface area contributed by atoms with Crippen molar-refractivity contribution in [1.82, 2.24) is 4.90 Å². The number of hydrogen-bond donors (Lipinski definition) is 0. The first-order valence-corrected chi connectivity index (χ1v) is 7.71. The molecule has 0 bridgehead atoms. The van der Waals surface area contributed by atoms with Gasteiger partial charge in [0.05, 0.1) is 18.4 Å². The van der Waals surface area contributed by atoms with Crippen LogP contribution in [0.4, 0.5) is 4.39 Å². The first-order chi connectivity index (χ1) is 11.5. The average molecular weight is 324 g/mol. The molecule has 124 valence electrons. The van der Waals surface area contributed by atoms with E-state index in [4.69, 9.17) is 10.00 Å². The summed E-state index contributed by atoms with van der Waals surface area (Å²) in [4.78, 5) is 2.03. The number of nitriles is 1. The summed E-state index contributed by atoms with van der Waals surface area (Å²) >= 11 is 0. The average Bonchev–Trinajstić information content (AvgIpc) is 2.59. The molecule has 0 spiro atoms. The minimum atomic E-state index is -0.518. The third kappa shape index (κ3) is 3.94. The lowest BCUT2D eigenvalue weighted by Crippen LogP contribution is -2.18. The van der Waals surface area contributed by atoms with Crippen molar-refractivity contribution in [3.63, 3.8) is 0 Å². The summed E-state index contributed by atoms with van der Waals surface area (Å²) < 4.78 is 19.3. The molecule has 0 saturated heterocycles. The Morgan fingerprint density at radius 1 is 1.38 bits per heavy atom. The van der Waals surface area contributed by atoms with Crippen LogP contribution >= 0.6 is 0 Å². The van der Waals surface area contributed by atoms with Crippen LogP contribution in [0.25, 0.3) is 5.70 Å². The molecule has 1 aromatic carbocycles. The Morgan fingerprint density at radius 3 is 2.62 bits per heavy atom. The van der Waals surface area contributed by atoms with Crippen molar-refractivity contribution >= 4 is 5.70 Å². The van der Waals surface area contributed by atoms with E-state index < -0.39 is 5.82 Å². The Bertz CT molecular complexity index is 781. The molecule has 3 nitrogen and oxygen atoms in total. The summed E-state index contributed by atoms with van der Waals surface area (Å²) in [5.41, 5.74) is 3.56. The summed E-state index contributed by atoms with van der Waals surface area (Å²) in [5.74, 6) is 0.428. The van der Waals surface area contributed by atoms with Gasteiger partial charge in [-0.1, -0.05) is 18.2 Å². The second-order valence-corrected chi connectivity index (χ2v) is 5.74. The molecule has 0 heterocycles. The highest BCUT2D eigenvalue weighted by Crippen LogP contribution is 2.29. The largest absolute Gasteiger partial charge is 0.501 e. The number of nitrogens with zero attached hydrogens (tertiary/aromatic N) is 2. The number of hydrogen-bond acceptors (Lipinski definition) is 3. The maximum Gasteiger partial charge on any atom is 0.141 e. The molecule has 4 heteroatoms. The van der Waals surface area contributed by atoms with Crippen molar-refractivity contribution in [2.24, 2.45) is 0 Å². The first kappa shape index (κ1) is 17.6. The minimum absolute atomic E-state index is 0.0422. The van der Waals surface area contributed by atoms with E-state index in [1.165, 1.54) is 12.1 Å². The molecule has 2 rings (SSSR count). The summed E-state index contributed by atoms with van der Waals surface area (Å²) in [5, 5.41) is 8.90. The molecule has 0 fully saturated rings. The highest BCUT2D eigenvalue weighted by Gasteiger charge is 2.16. The second-order valence-electron chi connectivity index (χ2n) is 5.74. The lowest BCUT2D eigenvalue weighted by molar-refractivity contribution is 0.273. The molecule has 1 aliphatic rings. The molecular weight excluding hydrogens is 303 g/mol. The Morgan fingerprint density at radius 2 is 2.12 bits per heavy atom. The molecule has 0 N–H and O–H groups in total. The molecule has 24 heavy (non-hydrogen) atoms. The molecular formula is C20H21FN2O. The molecule has 1 aliphatic carbocycles. The van der Waals surface area contributed by atoms with Gasteiger partial charge in [0.25, 0.3) is 0 Å². The van der Waals surface area contributed by atoms with Crippen LogP contribution in [0, 0.1) is 17.1 Å². The summed E-state index contributed by atoms with van der Waals surface area (Å²) in [7, 11) is 3.61. The molecule has 0 atom stereocenters. The highest BCUT2D eigenvalue weighted by molar-refractivity contribution is 5.68. The zero-order valence-corrected chi connectivity index (χ0v) is 14.3. The fourth-order valence-corrected chi connectivity index (χ4v) is 2.58. The normalized spacial score (nSPS) is 14.4. The third-order valence-corrected chi connectivity index (χ3v) is 3.91. The van der Waals surface area contributed by atoms with Crippen LogP contribution in [-0.4, -0.2) is 19.1 Å². The minimum Gasteiger partial charge on any atom is -0.501 e. The molecule has 1 aromatic rings. The maximum absolute atomic E-state index is 14.0. The molecule has 0 amide bonds. The zero-order chi connectivity index (χ0) is 17.7. The number of allylic oxidation sites excluding steroid dienone is 6. The van der Waals surface area contributed by atoms with E-state index in [0.717, 1.165) is 35.6 Å². The van der Waals surface area contributed by atoms with Crippen molar-refractivity contribution in [3.05, 3.63) is 77.0 Å². The van der Waals surface area contributed by atoms with E-state index >= 15 is 0 Å². The fourth-order valence-electron chi connectivity index (χ4n) is 2.58. The van der Waals surface area contributed by atoms with Crippen LogP contribution in [0.1, 0.15) is 30.9 Å². The van der Waals surface area contributed by atoms with Crippen LogP contribution in [0.15, 0.2) is 60.0 Å².